The summed E-state index contributed by atoms with van der Waals surface area (Å²) in [5.74, 6) is 0.963. The number of hydrogen-bond acceptors (Lipinski definition) is 2. The molecule has 0 saturated heterocycles. The first-order valence-electron chi connectivity index (χ1n) is 14.5. The molecule has 0 bridgehead atoms. The van der Waals surface area contributed by atoms with E-state index in [0.717, 1.165) is 38.2 Å². The van der Waals surface area contributed by atoms with Crippen molar-refractivity contribution in [1.82, 2.24) is 4.73 Å². The summed E-state index contributed by atoms with van der Waals surface area (Å²) in [6.45, 7) is 7.49. The Bertz CT molecular complexity index is 992. The molecular formula is C33H47N2O2+. The van der Waals surface area contributed by atoms with E-state index in [1.54, 1.807) is 10.9 Å². The lowest BCUT2D eigenvalue weighted by Crippen LogP contribution is -2.22. The van der Waals surface area contributed by atoms with Crippen LogP contribution < -0.4 is 14.1 Å². The van der Waals surface area contributed by atoms with E-state index < -0.39 is 0 Å². The Hall–Kier alpha value is -3.01. The molecule has 0 spiro atoms. The first-order chi connectivity index (χ1) is 18.3. The third kappa shape index (κ3) is 11.3. The second-order valence-corrected chi connectivity index (χ2v) is 9.95. The Kier molecular flexibility index (Phi) is 13.5. The minimum Gasteiger partial charge on any atom is -0.494 e. The van der Waals surface area contributed by atoms with Crippen molar-refractivity contribution >= 4 is 6.20 Å². The smallest absolute Gasteiger partial charge is 0.288 e. The lowest BCUT2D eigenvalue weighted by Gasteiger charge is -2.08. The minimum atomic E-state index is 0.774. The van der Waals surface area contributed by atoms with Crippen LogP contribution in [0, 0.1) is 0 Å². The third-order valence-electron chi connectivity index (χ3n) is 6.85. The molecule has 0 fully saturated rings. The van der Waals surface area contributed by atoms with E-state index >= 15 is 0 Å². The van der Waals surface area contributed by atoms with Crippen LogP contribution in [0.1, 0.15) is 89.5 Å². The molecule has 0 N–H and O–H groups in total. The number of ether oxygens (including phenoxy) is 1. The van der Waals surface area contributed by atoms with Gasteiger partial charge in [-0.2, -0.15) is 0 Å². The average molecular weight is 504 g/mol. The highest BCUT2D eigenvalue weighted by atomic mass is 16.7. The van der Waals surface area contributed by atoms with Gasteiger partial charge >= 0.3 is 0 Å². The van der Waals surface area contributed by atoms with Crippen molar-refractivity contribution in [3.63, 3.8) is 0 Å². The second-order valence-electron chi connectivity index (χ2n) is 9.95. The third-order valence-corrected chi connectivity index (χ3v) is 6.85. The van der Waals surface area contributed by atoms with E-state index in [4.69, 9.17) is 9.57 Å². The zero-order chi connectivity index (χ0) is 26.0. The van der Waals surface area contributed by atoms with Gasteiger partial charge in [-0.3, -0.25) is 0 Å². The Morgan fingerprint density at radius 1 is 0.730 bits per heavy atom. The molecule has 0 amide bonds. The van der Waals surface area contributed by atoms with Crippen LogP contribution in [0.4, 0.5) is 0 Å². The monoisotopic (exact) mass is 503 g/mol. The molecule has 0 unspecified atom stereocenters. The Morgan fingerprint density at radius 2 is 1.32 bits per heavy atom. The molecule has 0 saturated carbocycles. The summed E-state index contributed by atoms with van der Waals surface area (Å²) in [6, 6.07) is 17.6. The quantitative estimate of drug-likeness (QED) is 0.115. The van der Waals surface area contributed by atoms with Crippen LogP contribution >= 0.6 is 0 Å². The zero-order valence-corrected chi connectivity index (χ0v) is 23.0. The molecule has 0 aliphatic rings. The molecule has 4 nitrogen and oxygen atoms in total. The fourth-order valence-corrected chi connectivity index (χ4v) is 4.49. The molecule has 4 heteroatoms. The van der Waals surface area contributed by atoms with E-state index in [-0.39, 0.29) is 0 Å². The molecule has 1 aromatic heterocycles. The van der Waals surface area contributed by atoms with E-state index in [1.807, 2.05) is 23.3 Å². The molecule has 0 aliphatic heterocycles. The van der Waals surface area contributed by atoms with Crippen molar-refractivity contribution in [3.05, 3.63) is 79.4 Å². The molecule has 0 atom stereocenters. The summed E-state index contributed by atoms with van der Waals surface area (Å²) in [4.78, 5) is 5.69. The summed E-state index contributed by atoms with van der Waals surface area (Å²) in [7, 11) is 0. The lowest BCUT2D eigenvalue weighted by atomic mass is 10.0. The largest absolute Gasteiger partial charge is 0.494 e. The number of hydrogen-bond donors (Lipinski definition) is 0. The zero-order valence-electron chi connectivity index (χ0n) is 23.0. The highest BCUT2D eigenvalue weighted by Gasteiger charge is 2.02. The molecule has 2 aromatic carbocycles. The maximum atomic E-state index is 5.77. The molecule has 0 aliphatic carbocycles. The van der Waals surface area contributed by atoms with E-state index in [9.17, 15) is 0 Å². The van der Waals surface area contributed by atoms with E-state index in [1.165, 1.54) is 80.9 Å². The fourth-order valence-electron chi connectivity index (χ4n) is 4.49. The first kappa shape index (κ1) is 28.6. The maximum absolute atomic E-state index is 5.77. The standard InChI is InChI=1S/C33H47N2O2/c1-3-5-27-36-33-23-21-32(22-24-33)31-19-17-30(18-20-31)16-14-12-10-8-6-7-9-11-13-15-28-37-35-26-25-34(4-2)29-35/h4,17-26,29H,2-3,5-16,27-28H2,1H3/q+1. The second kappa shape index (κ2) is 17.4. The van der Waals surface area contributed by atoms with Gasteiger partial charge in [-0.1, -0.05) is 106 Å². The van der Waals surface area contributed by atoms with Crippen LogP contribution in [-0.2, 0) is 6.42 Å². The summed E-state index contributed by atoms with van der Waals surface area (Å²) in [5, 5.41) is 0. The first-order valence-corrected chi connectivity index (χ1v) is 14.5. The number of nitrogens with zero attached hydrogens (tertiary/aromatic N) is 2. The summed E-state index contributed by atoms with van der Waals surface area (Å²) in [5.41, 5.74) is 3.98. The summed E-state index contributed by atoms with van der Waals surface area (Å²) < 4.78 is 9.40. The van der Waals surface area contributed by atoms with Gasteiger partial charge in [0.1, 0.15) is 18.6 Å². The Balaban J connectivity index is 1.15. The van der Waals surface area contributed by atoms with Crippen molar-refractivity contribution in [2.45, 2.75) is 90.4 Å². The van der Waals surface area contributed by atoms with Gasteiger partial charge in [-0.25, -0.2) is 4.57 Å². The molecule has 37 heavy (non-hydrogen) atoms. The van der Waals surface area contributed by atoms with Gasteiger partial charge < -0.3 is 9.57 Å². The number of benzene rings is 2. The van der Waals surface area contributed by atoms with Gasteiger partial charge in [-0.05, 0) is 60.9 Å². The Morgan fingerprint density at radius 3 is 1.92 bits per heavy atom. The van der Waals surface area contributed by atoms with Crippen molar-refractivity contribution in [1.29, 1.82) is 0 Å². The normalized spacial score (nSPS) is 10.9. The van der Waals surface area contributed by atoms with Gasteiger partial charge in [0.05, 0.1) is 12.8 Å². The number of aromatic nitrogens is 2. The molecule has 0 radical (unpaired) electrons. The summed E-state index contributed by atoms with van der Waals surface area (Å²) >= 11 is 0. The number of rotatable bonds is 20. The van der Waals surface area contributed by atoms with Crippen LogP contribution in [0.2, 0.25) is 0 Å². The van der Waals surface area contributed by atoms with Crippen LogP contribution in [-0.4, -0.2) is 17.9 Å². The maximum Gasteiger partial charge on any atom is 0.288 e. The lowest BCUT2D eigenvalue weighted by molar-refractivity contribution is -0.568. The fraction of sp³-hybridized carbons (Fsp3) is 0.485. The molecule has 200 valence electrons. The number of aryl methyl sites for hydroxylation is 1. The molecule has 3 aromatic rings. The Labute approximate surface area is 224 Å². The highest BCUT2D eigenvalue weighted by Crippen LogP contribution is 2.23. The SMILES string of the molecule is C=C[n+]1ccn(OCCCCCCCCCCCCc2ccc(-c3ccc(OCCCC)cc3)cc2)c1. The summed E-state index contributed by atoms with van der Waals surface area (Å²) in [6.07, 6.45) is 24.1. The van der Waals surface area contributed by atoms with Gasteiger partial charge in [0, 0.05) is 0 Å². The minimum absolute atomic E-state index is 0.774. The van der Waals surface area contributed by atoms with E-state index in [2.05, 4.69) is 62.0 Å². The predicted octanol–water partition coefficient (Wildman–Crippen LogP) is 8.29. The van der Waals surface area contributed by atoms with Gasteiger partial charge in [0.2, 0.25) is 0 Å². The average Bonchev–Trinajstić information content (AvgIpc) is 3.40. The van der Waals surface area contributed by atoms with Crippen LogP contribution in [0.3, 0.4) is 0 Å². The predicted molar refractivity (Wildman–Crippen MR) is 155 cm³/mol. The van der Waals surface area contributed by atoms with Crippen LogP contribution in [0.15, 0.2) is 73.8 Å². The highest BCUT2D eigenvalue weighted by molar-refractivity contribution is 5.64. The topological polar surface area (TPSA) is 27.3 Å². The van der Waals surface area contributed by atoms with E-state index in [0.29, 0.717) is 0 Å². The molecular weight excluding hydrogens is 456 g/mol. The number of unbranched alkanes of at least 4 members (excludes halogenated alkanes) is 10. The van der Waals surface area contributed by atoms with Gasteiger partial charge in [0.15, 0.2) is 6.20 Å². The van der Waals surface area contributed by atoms with Gasteiger partial charge in [-0.15, -0.1) is 0 Å². The van der Waals surface area contributed by atoms with Crippen LogP contribution in [0.5, 0.6) is 5.75 Å². The molecule has 3 rings (SSSR count). The number of imidazole rings is 1. The van der Waals surface area contributed by atoms with Crippen molar-refractivity contribution in [2.75, 3.05) is 13.2 Å². The van der Waals surface area contributed by atoms with Crippen LogP contribution in [0.25, 0.3) is 17.3 Å². The van der Waals surface area contributed by atoms with Crippen molar-refractivity contribution < 1.29 is 14.1 Å². The molecule has 1 heterocycles. The van der Waals surface area contributed by atoms with Crippen molar-refractivity contribution in [3.8, 4) is 16.9 Å². The van der Waals surface area contributed by atoms with Crippen molar-refractivity contribution in [2.24, 2.45) is 0 Å². The van der Waals surface area contributed by atoms with Gasteiger partial charge in [0.25, 0.3) is 6.33 Å².